The summed E-state index contributed by atoms with van der Waals surface area (Å²) in [5, 5.41) is 10.3. The highest BCUT2D eigenvalue weighted by molar-refractivity contribution is 5.85. The molecule has 0 saturated carbocycles. The number of carbonyl (C=O) groups excluding carboxylic acids is 1. The molecule has 3 heterocycles. The lowest BCUT2D eigenvalue weighted by molar-refractivity contribution is -0.149. The molecule has 0 bridgehead atoms. The van der Waals surface area contributed by atoms with Gasteiger partial charge < -0.3 is 10.2 Å². The van der Waals surface area contributed by atoms with Gasteiger partial charge in [-0.1, -0.05) is 0 Å². The normalized spacial score (nSPS) is 19.5. The third-order valence-corrected chi connectivity index (χ3v) is 6.56. The smallest absolute Gasteiger partial charge is 0.260 e. The van der Waals surface area contributed by atoms with Crippen molar-refractivity contribution in [2.45, 2.75) is 37.9 Å². The lowest BCUT2D eigenvalue weighted by Gasteiger charge is -2.40. The molecular weight excluding hydrogens is 438 g/mol. The first kappa shape index (κ1) is 23.4. The van der Waals surface area contributed by atoms with Gasteiger partial charge in [0.15, 0.2) is 17.3 Å². The Hall–Kier alpha value is -2.75. The number of alkyl halides is 1. The number of aromatic nitrogens is 2. The molecule has 0 spiro atoms. The van der Waals surface area contributed by atoms with Gasteiger partial charge in [-0.05, 0) is 30.4 Å². The average Bonchev–Trinajstić information content (AvgIpc) is 2.81. The fraction of sp³-hybridized carbons (Fsp3) is 0.522. The van der Waals surface area contributed by atoms with Gasteiger partial charge in [0.25, 0.3) is 5.91 Å². The number of anilines is 1. The lowest BCUT2D eigenvalue weighted by Crippen LogP contribution is -2.54. The van der Waals surface area contributed by atoms with Gasteiger partial charge in [-0.15, -0.1) is 0 Å². The molecule has 0 aliphatic carbocycles. The Morgan fingerprint density at radius 2 is 1.73 bits per heavy atom. The van der Waals surface area contributed by atoms with Gasteiger partial charge in [-0.3, -0.25) is 9.69 Å². The quantitative estimate of drug-likeness (QED) is 0.662. The summed E-state index contributed by atoms with van der Waals surface area (Å²) in [6, 6.07) is 3.13. The van der Waals surface area contributed by atoms with Crippen molar-refractivity contribution in [1.29, 1.82) is 0 Å². The molecule has 0 unspecified atom stereocenters. The Balaban J connectivity index is 1.24. The largest absolute Gasteiger partial charge is 0.380 e. The highest BCUT2D eigenvalue weighted by Crippen LogP contribution is 2.31. The van der Waals surface area contributed by atoms with E-state index in [1.807, 2.05) is 6.07 Å². The minimum absolute atomic E-state index is 0.0734. The first-order valence-electron chi connectivity index (χ1n) is 11.2. The molecular formula is C23H27F4N5O. The SMILES string of the molecule is O=C(N1CCC(CNc2c(F)cc(F)cc2F)CC1)C1(F)CCN(Cc2ccnnc2)CC1. The first-order chi connectivity index (χ1) is 15.8. The Kier molecular flexibility index (Phi) is 7.11. The van der Waals surface area contributed by atoms with Crippen molar-refractivity contribution in [3.05, 3.63) is 53.6 Å². The number of likely N-dealkylation sites (tertiary alicyclic amines) is 2. The number of rotatable bonds is 6. The van der Waals surface area contributed by atoms with E-state index in [9.17, 15) is 18.0 Å². The second-order valence-corrected chi connectivity index (χ2v) is 8.85. The van der Waals surface area contributed by atoms with Crippen molar-refractivity contribution in [3.8, 4) is 0 Å². The zero-order valence-corrected chi connectivity index (χ0v) is 18.2. The van der Waals surface area contributed by atoms with Crippen molar-refractivity contribution in [2.75, 3.05) is 38.0 Å². The van der Waals surface area contributed by atoms with E-state index in [4.69, 9.17) is 0 Å². The van der Waals surface area contributed by atoms with E-state index in [1.54, 1.807) is 17.3 Å². The molecule has 178 valence electrons. The number of nitrogens with one attached hydrogen (secondary N) is 1. The van der Waals surface area contributed by atoms with E-state index in [2.05, 4.69) is 20.4 Å². The summed E-state index contributed by atoms with van der Waals surface area (Å²) in [5.74, 6) is -3.32. The molecule has 2 saturated heterocycles. The number of nitrogens with zero attached hydrogens (tertiary/aromatic N) is 4. The molecule has 6 nitrogen and oxygen atoms in total. The van der Waals surface area contributed by atoms with Crippen LogP contribution in [-0.4, -0.2) is 64.3 Å². The van der Waals surface area contributed by atoms with E-state index in [0.717, 1.165) is 5.56 Å². The van der Waals surface area contributed by atoms with Gasteiger partial charge in [0.05, 0.1) is 6.20 Å². The Labute approximate surface area is 190 Å². The Morgan fingerprint density at radius 1 is 1.06 bits per heavy atom. The number of halogens is 4. The number of carbonyl (C=O) groups is 1. The highest BCUT2D eigenvalue weighted by Gasteiger charge is 2.44. The summed E-state index contributed by atoms with van der Waals surface area (Å²) in [7, 11) is 0. The zero-order chi connectivity index (χ0) is 23.4. The number of benzene rings is 1. The molecule has 1 N–H and O–H groups in total. The van der Waals surface area contributed by atoms with Crippen molar-refractivity contribution < 1.29 is 22.4 Å². The third kappa shape index (κ3) is 5.61. The summed E-state index contributed by atoms with van der Waals surface area (Å²) in [4.78, 5) is 16.6. The van der Waals surface area contributed by atoms with Crippen LogP contribution in [0.5, 0.6) is 0 Å². The summed E-state index contributed by atoms with van der Waals surface area (Å²) >= 11 is 0. The standard InChI is InChI=1S/C23H27F4N5O/c24-18-11-19(25)21(20(26)12-18)28-13-16-2-7-32(8-3-16)22(33)23(27)4-9-31(10-5-23)15-17-1-6-29-30-14-17/h1,6,11-12,14,16,28H,2-5,7-10,13,15H2. The van der Waals surface area contributed by atoms with Crippen molar-refractivity contribution >= 4 is 11.6 Å². The number of hydrogen-bond acceptors (Lipinski definition) is 5. The minimum Gasteiger partial charge on any atom is -0.380 e. The van der Waals surface area contributed by atoms with Crippen molar-refractivity contribution in [2.24, 2.45) is 5.92 Å². The van der Waals surface area contributed by atoms with Gasteiger partial charge in [-0.2, -0.15) is 10.2 Å². The molecule has 1 amide bonds. The monoisotopic (exact) mass is 465 g/mol. The van der Waals surface area contributed by atoms with Crippen molar-refractivity contribution in [1.82, 2.24) is 20.0 Å². The second-order valence-electron chi connectivity index (χ2n) is 8.85. The predicted molar refractivity (Wildman–Crippen MR) is 114 cm³/mol. The number of amides is 1. The molecule has 10 heteroatoms. The van der Waals surface area contributed by atoms with Gasteiger partial charge >= 0.3 is 0 Å². The van der Waals surface area contributed by atoms with Crippen LogP contribution in [0.15, 0.2) is 30.6 Å². The molecule has 2 fully saturated rings. The first-order valence-corrected chi connectivity index (χ1v) is 11.2. The lowest BCUT2D eigenvalue weighted by atomic mass is 9.89. The molecule has 33 heavy (non-hydrogen) atoms. The van der Waals surface area contributed by atoms with Crippen LogP contribution in [0, 0.1) is 23.4 Å². The molecule has 4 rings (SSSR count). The Bertz CT molecular complexity index is 938. The molecule has 2 aliphatic heterocycles. The van der Waals surface area contributed by atoms with Crippen LogP contribution < -0.4 is 5.32 Å². The van der Waals surface area contributed by atoms with Gasteiger partial charge in [0.1, 0.15) is 11.5 Å². The fourth-order valence-electron chi connectivity index (χ4n) is 4.53. The Morgan fingerprint density at radius 3 is 2.33 bits per heavy atom. The van der Waals surface area contributed by atoms with Crippen LogP contribution in [0.25, 0.3) is 0 Å². The van der Waals surface area contributed by atoms with E-state index in [1.165, 1.54) is 0 Å². The average molecular weight is 465 g/mol. The van der Waals surface area contributed by atoms with E-state index in [-0.39, 0.29) is 24.4 Å². The van der Waals surface area contributed by atoms with Gasteiger partial charge in [0, 0.05) is 70.4 Å². The molecule has 1 aromatic heterocycles. The highest BCUT2D eigenvalue weighted by atomic mass is 19.2. The van der Waals surface area contributed by atoms with Crippen LogP contribution in [0.1, 0.15) is 31.2 Å². The predicted octanol–water partition coefficient (Wildman–Crippen LogP) is 3.55. The van der Waals surface area contributed by atoms with Gasteiger partial charge in [-0.25, -0.2) is 17.6 Å². The number of piperidine rings is 2. The molecule has 1 aromatic carbocycles. The summed E-state index contributed by atoms with van der Waals surface area (Å²) in [5.41, 5.74) is -1.22. The summed E-state index contributed by atoms with van der Waals surface area (Å²) in [6.45, 7) is 2.71. The maximum Gasteiger partial charge on any atom is 0.260 e. The summed E-state index contributed by atoms with van der Waals surface area (Å²) in [6.07, 6.45) is 4.79. The number of hydrogen-bond donors (Lipinski definition) is 1. The van der Waals surface area contributed by atoms with Crippen LogP contribution in [0.4, 0.5) is 23.2 Å². The van der Waals surface area contributed by atoms with Crippen LogP contribution in [-0.2, 0) is 11.3 Å². The van der Waals surface area contributed by atoms with Crippen LogP contribution in [0.2, 0.25) is 0 Å². The molecule has 0 radical (unpaired) electrons. The van der Waals surface area contributed by atoms with Crippen LogP contribution in [0.3, 0.4) is 0 Å². The molecule has 0 atom stereocenters. The maximum absolute atomic E-state index is 15.5. The topological polar surface area (TPSA) is 61.4 Å². The molecule has 2 aliphatic rings. The van der Waals surface area contributed by atoms with E-state index in [0.29, 0.717) is 64.2 Å². The fourth-order valence-corrected chi connectivity index (χ4v) is 4.53. The minimum atomic E-state index is -1.86. The zero-order valence-electron chi connectivity index (χ0n) is 18.2. The van der Waals surface area contributed by atoms with E-state index < -0.39 is 29.0 Å². The van der Waals surface area contributed by atoms with E-state index >= 15 is 4.39 Å². The third-order valence-electron chi connectivity index (χ3n) is 6.56. The molecule has 2 aromatic rings. The second kappa shape index (κ2) is 10.0. The van der Waals surface area contributed by atoms with Gasteiger partial charge in [0.2, 0.25) is 0 Å². The maximum atomic E-state index is 15.5. The van der Waals surface area contributed by atoms with Crippen LogP contribution >= 0.6 is 0 Å². The summed E-state index contributed by atoms with van der Waals surface area (Å²) < 4.78 is 56.1. The van der Waals surface area contributed by atoms with Crippen molar-refractivity contribution in [3.63, 3.8) is 0 Å².